The van der Waals surface area contributed by atoms with Gasteiger partial charge in [-0.15, -0.1) is 11.3 Å². The third-order valence-electron chi connectivity index (χ3n) is 11.1. The molecule has 0 unspecified atom stereocenters. The Balaban J connectivity index is 1.40. The molecular weight excluding hydrogens is 839 g/mol. The molecule has 4 aromatic rings. The number of carbonyl (C=O) groups excluding carboxylic acids is 6. The summed E-state index contributed by atoms with van der Waals surface area (Å²) in [5, 5.41) is 11.3. The summed E-state index contributed by atoms with van der Waals surface area (Å²) >= 11 is 1.44. The van der Waals surface area contributed by atoms with Crippen molar-refractivity contribution in [3.8, 4) is 0 Å². The van der Waals surface area contributed by atoms with E-state index in [1.54, 1.807) is 7.05 Å². The van der Waals surface area contributed by atoms with Crippen LogP contribution in [0.3, 0.4) is 0 Å². The summed E-state index contributed by atoms with van der Waals surface area (Å²) in [5.74, 6) is -3.64. The second-order valence-electron chi connectivity index (χ2n) is 15.7. The van der Waals surface area contributed by atoms with Crippen LogP contribution in [-0.2, 0) is 48.0 Å². The van der Waals surface area contributed by atoms with Crippen molar-refractivity contribution in [1.82, 2.24) is 30.7 Å². The van der Waals surface area contributed by atoms with Crippen LogP contribution >= 0.6 is 11.3 Å². The molecule has 0 saturated carbocycles. The molecule has 64 heavy (non-hydrogen) atoms. The lowest BCUT2D eigenvalue weighted by Gasteiger charge is -2.31. The van der Waals surface area contributed by atoms with Gasteiger partial charge in [0.25, 0.3) is 0 Å². The summed E-state index contributed by atoms with van der Waals surface area (Å²) in [7, 11) is 1.58. The van der Waals surface area contributed by atoms with E-state index in [0.29, 0.717) is 19.3 Å². The number of para-hydroxylation sites is 1. The van der Waals surface area contributed by atoms with Crippen molar-refractivity contribution < 1.29 is 28.8 Å². The first kappa shape index (κ1) is 48.1. The Morgan fingerprint density at radius 1 is 0.797 bits per heavy atom. The number of likely N-dealkylation sites (N-methyl/N-ethyl adjacent to an activating group) is 1. The minimum absolute atomic E-state index is 0.0480. The van der Waals surface area contributed by atoms with E-state index in [-0.39, 0.29) is 76.0 Å². The number of nitrogens with zero attached hydrogens (tertiary/aromatic N) is 4. The molecule has 0 spiro atoms. The largest absolute Gasteiger partial charge is 0.370 e. The molecule has 1 saturated heterocycles. The van der Waals surface area contributed by atoms with E-state index in [1.807, 2.05) is 78.3 Å². The van der Waals surface area contributed by atoms with Crippen LogP contribution in [0.2, 0.25) is 0 Å². The second-order valence-corrected chi connectivity index (χ2v) is 16.7. The first-order valence-electron chi connectivity index (χ1n) is 21.2. The average Bonchev–Trinajstić information content (AvgIpc) is 4.06. The quantitative estimate of drug-likeness (QED) is 0.0275. The van der Waals surface area contributed by atoms with Crippen LogP contribution in [0.4, 0.5) is 0 Å². The number of guanidine groups is 2. The number of amides is 6. The lowest BCUT2D eigenvalue weighted by atomic mass is 10.0. The number of hydrogen-bond acceptors (Lipinski definition) is 9. The zero-order chi connectivity index (χ0) is 46.2. The molecule has 342 valence electrons. The number of primary amides is 1. The fourth-order valence-corrected chi connectivity index (χ4v) is 8.39. The van der Waals surface area contributed by atoms with Gasteiger partial charge in [0.2, 0.25) is 35.4 Å². The fourth-order valence-electron chi connectivity index (χ4n) is 7.70. The highest BCUT2D eigenvalue weighted by Crippen LogP contribution is 2.23. The Hall–Kier alpha value is -6.96. The summed E-state index contributed by atoms with van der Waals surface area (Å²) in [5.41, 5.74) is 29.9. The summed E-state index contributed by atoms with van der Waals surface area (Å²) in [6, 6.07) is 15.0. The Morgan fingerprint density at radius 3 is 2.11 bits per heavy atom. The molecule has 2 aromatic carbocycles. The van der Waals surface area contributed by atoms with Crippen LogP contribution in [0, 0.1) is 0 Å². The highest BCUT2D eigenvalue weighted by molar-refractivity contribution is 7.10. The van der Waals surface area contributed by atoms with Gasteiger partial charge in [-0.1, -0.05) is 54.6 Å². The Morgan fingerprint density at radius 2 is 1.45 bits per heavy atom. The van der Waals surface area contributed by atoms with Gasteiger partial charge in [-0.2, -0.15) is 0 Å². The molecular formula is C44H59N13O6S. The number of likely N-dealkylation sites (tertiary alicyclic amines) is 1. The maximum atomic E-state index is 14.6. The number of nitrogens with two attached hydrogens (primary N) is 5. The van der Waals surface area contributed by atoms with Crippen molar-refractivity contribution in [2.75, 3.05) is 26.7 Å². The predicted molar refractivity (Wildman–Crippen MR) is 246 cm³/mol. The van der Waals surface area contributed by atoms with Crippen molar-refractivity contribution in [3.05, 3.63) is 94.3 Å². The third kappa shape index (κ3) is 13.8. The van der Waals surface area contributed by atoms with Gasteiger partial charge in [0.05, 0.1) is 6.42 Å². The zero-order valence-electron chi connectivity index (χ0n) is 35.9. The van der Waals surface area contributed by atoms with E-state index >= 15 is 0 Å². The molecule has 0 aliphatic carbocycles. The molecule has 1 aliphatic rings. The molecule has 5 atom stereocenters. The lowest BCUT2D eigenvalue weighted by Crippen LogP contribution is -2.59. The number of benzene rings is 2. The third-order valence-corrected chi connectivity index (χ3v) is 12.0. The molecule has 19 nitrogen and oxygen atoms in total. The van der Waals surface area contributed by atoms with E-state index in [9.17, 15) is 28.8 Å². The number of aliphatic imine (C=N–C) groups is 2. The number of carbonyl (C=O) groups is 6. The Bertz CT molecular complexity index is 2270. The number of thiophene rings is 1. The van der Waals surface area contributed by atoms with E-state index < -0.39 is 59.7 Å². The van der Waals surface area contributed by atoms with Crippen molar-refractivity contribution in [2.45, 2.75) is 88.0 Å². The molecule has 2 aromatic heterocycles. The van der Waals surface area contributed by atoms with Crippen LogP contribution < -0.4 is 44.6 Å². The van der Waals surface area contributed by atoms with Gasteiger partial charge in [-0.25, -0.2) is 0 Å². The molecule has 20 heteroatoms. The van der Waals surface area contributed by atoms with Crippen LogP contribution in [0.5, 0.6) is 0 Å². The predicted octanol–water partition coefficient (Wildman–Crippen LogP) is 0.122. The highest BCUT2D eigenvalue weighted by atomic mass is 32.1. The normalized spacial score (nSPS) is 15.3. The summed E-state index contributed by atoms with van der Waals surface area (Å²) in [6.45, 7) is 0.574. The minimum Gasteiger partial charge on any atom is -0.370 e. The van der Waals surface area contributed by atoms with E-state index in [0.717, 1.165) is 26.9 Å². The van der Waals surface area contributed by atoms with Crippen LogP contribution in [0.1, 0.15) is 54.5 Å². The zero-order valence-corrected chi connectivity index (χ0v) is 36.7. The van der Waals surface area contributed by atoms with Crippen molar-refractivity contribution >= 4 is 69.6 Å². The van der Waals surface area contributed by atoms with Crippen LogP contribution in [-0.4, -0.2) is 119 Å². The fraction of sp³-hybridized carbons (Fsp3) is 0.409. The van der Waals surface area contributed by atoms with Gasteiger partial charge in [0, 0.05) is 61.5 Å². The molecule has 1 fully saturated rings. The first-order valence-corrected chi connectivity index (χ1v) is 22.1. The smallest absolute Gasteiger partial charge is 0.245 e. The number of rotatable bonds is 23. The van der Waals surface area contributed by atoms with E-state index in [2.05, 4.69) is 30.9 Å². The van der Waals surface area contributed by atoms with Crippen molar-refractivity contribution in [1.29, 1.82) is 0 Å². The maximum Gasteiger partial charge on any atom is 0.245 e. The Labute approximate surface area is 375 Å². The monoisotopic (exact) mass is 897 g/mol. The lowest BCUT2D eigenvalue weighted by molar-refractivity contribution is -0.143. The first-order chi connectivity index (χ1) is 30.7. The molecule has 3 heterocycles. The van der Waals surface area contributed by atoms with Gasteiger partial charge < -0.3 is 59.4 Å². The number of fused-ring (bicyclic) bond motifs is 1. The number of nitrogens with one attached hydrogen (secondary N) is 4. The summed E-state index contributed by atoms with van der Waals surface area (Å²) in [6.07, 6.45) is 3.74. The molecule has 5 rings (SSSR count). The van der Waals surface area contributed by atoms with Gasteiger partial charge in [0.15, 0.2) is 11.9 Å². The van der Waals surface area contributed by atoms with Gasteiger partial charge in [-0.3, -0.25) is 38.8 Å². The highest BCUT2D eigenvalue weighted by Gasteiger charge is 2.40. The SMILES string of the molecule is CN(C(=O)Cc1cccs1)[C@@H](Cc1c[nH]c2ccccc12)C(=O)N[C@@H](Cc1ccccc1)C(=O)N[C@@H](CCCN=C(N)N)C(=O)N1CCC[C@H]1C(=O)N[C@@H](CCCN=C(N)N)C(N)=O. The van der Waals surface area contributed by atoms with Gasteiger partial charge in [0.1, 0.15) is 30.2 Å². The standard InChI is InChI=1S/C44H59N13O6S/c1-56(37(58)25-29-13-10-22-64-29)36(24-28-26-52-31-15-6-5-14-30(28)31)41(62)55-34(23-27-11-3-2-4-12-27)39(60)54-33(17-8-20-51-44(48)49)42(63)57-21-9-18-35(57)40(61)53-32(38(45)59)16-7-19-50-43(46)47/h2-6,10-15,22,26,32-36,52H,7-9,16-21,23-25H2,1H3,(H2,45,59)(H,53,61)(H,54,60)(H,55,62)(H4,46,47,50)(H4,48,49,51)/t32-,33-,34-,35-,36-/m0/s1. The number of hydrogen-bond donors (Lipinski definition) is 9. The Kier molecular flexibility index (Phi) is 17.6. The van der Waals surface area contributed by atoms with Crippen LogP contribution in [0.15, 0.2) is 88.3 Å². The molecule has 1 aliphatic heterocycles. The number of aromatic amines is 1. The van der Waals surface area contributed by atoms with Gasteiger partial charge >= 0.3 is 0 Å². The minimum atomic E-state index is -1.21. The molecule has 14 N–H and O–H groups in total. The molecule has 0 bridgehead atoms. The van der Waals surface area contributed by atoms with E-state index in [4.69, 9.17) is 28.7 Å². The van der Waals surface area contributed by atoms with Crippen molar-refractivity contribution in [2.24, 2.45) is 38.7 Å². The average molecular weight is 898 g/mol. The maximum absolute atomic E-state index is 14.6. The molecule has 6 amide bonds. The summed E-state index contributed by atoms with van der Waals surface area (Å²) < 4.78 is 0. The topological polar surface area (TPSA) is 316 Å². The molecule has 0 radical (unpaired) electrons. The van der Waals surface area contributed by atoms with Gasteiger partial charge in [-0.05, 0) is 67.2 Å². The van der Waals surface area contributed by atoms with Crippen LogP contribution in [0.25, 0.3) is 10.9 Å². The van der Waals surface area contributed by atoms with Crippen molar-refractivity contribution in [3.63, 3.8) is 0 Å². The van der Waals surface area contributed by atoms with E-state index in [1.165, 1.54) is 21.1 Å². The second kappa shape index (κ2) is 23.5. The number of H-pyrrole nitrogens is 1. The number of aromatic nitrogens is 1. The summed E-state index contributed by atoms with van der Waals surface area (Å²) in [4.78, 5) is 98.3.